The summed E-state index contributed by atoms with van der Waals surface area (Å²) in [5, 5.41) is 11.4. The minimum absolute atomic E-state index is 0.00810. The van der Waals surface area contributed by atoms with Crippen molar-refractivity contribution in [1.29, 1.82) is 0 Å². The molecule has 0 saturated carbocycles. The van der Waals surface area contributed by atoms with E-state index in [1.165, 1.54) is 6.07 Å². The largest absolute Gasteiger partial charge is 0.480 e. The minimum Gasteiger partial charge on any atom is -0.480 e. The predicted octanol–water partition coefficient (Wildman–Crippen LogP) is 3.11. The van der Waals surface area contributed by atoms with E-state index in [0.29, 0.717) is 22.1 Å². The fraction of sp³-hybridized carbons (Fsp3) is 0.154. The summed E-state index contributed by atoms with van der Waals surface area (Å²) < 4.78 is 5.46. The van der Waals surface area contributed by atoms with Crippen LogP contribution >= 0.6 is 11.6 Å². The Bertz CT molecular complexity index is 661. The van der Waals surface area contributed by atoms with Crippen molar-refractivity contribution in [2.24, 2.45) is 0 Å². The number of aromatic nitrogens is 1. The van der Waals surface area contributed by atoms with Crippen molar-refractivity contribution >= 4 is 23.1 Å². The number of halogens is 1. The second-order valence-corrected chi connectivity index (χ2v) is 4.54. The van der Waals surface area contributed by atoms with E-state index in [1.54, 1.807) is 31.2 Å². The van der Waals surface area contributed by atoms with E-state index in [0.717, 1.165) is 0 Å². The molecule has 0 saturated heterocycles. The molecule has 2 N–H and O–H groups in total. The number of nitro groups is 1. The molecule has 2 aromatic rings. The summed E-state index contributed by atoms with van der Waals surface area (Å²) in [6.07, 6.45) is 0. The Morgan fingerprint density at radius 2 is 2.15 bits per heavy atom. The van der Waals surface area contributed by atoms with E-state index in [2.05, 4.69) is 4.98 Å². The fourth-order valence-electron chi connectivity index (χ4n) is 1.73. The zero-order valence-corrected chi connectivity index (χ0v) is 11.4. The Hall–Kier alpha value is -2.34. The van der Waals surface area contributed by atoms with Gasteiger partial charge in [0, 0.05) is 5.56 Å². The van der Waals surface area contributed by atoms with Gasteiger partial charge >= 0.3 is 5.69 Å². The molecule has 0 radical (unpaired) electrons. The quantitative estimate of drug-likeness (QED) is 0.691. The SMILES string of the molecule is Cc1cccc(OCc2nc(N)ccc2Cl)c1[N+](=O)[O-]. The molecule has 1 aromatic carbocycles. The second kappa shape index (κ2) is 5.75. The first-order valence-corrected chi connectivity index (χ1v) is 6.14. The number of ether oxygens (including phenoxy) is 1. The van der Waals surface area contributed by atoms with Gasteiger partial charge in [0.15, 0.2) is 5.75 Å². The first kappa shape index (κ1) is 14.1. The maximum atomic E-state index is 11.0. The normalized spacial score (nSPS) is 10.3. The highest BCUT2D eigenvalue weighted by Crippen LogP contribution is 2.31. The Morgan fingerprint density at radius 1 is 1.40 bits per heavy atom. The fourth-order valence-corrected chi connectivity index (χ4v) is 1.89. The number of rotatable bonds is 4. The van der Waals surface area contributed by atoms with Crippen LogP contribution in [0.4, 0.5) is 11.5 Å². The van der Waals surface area contributed by atoms with Gasteiger partial charge in [-0.3, -0.25) is 10.1 Å². The van der Waals surface area contributed by atoms with Gasteiger partial charge < -0.3 is 10.5 Å². The molecule has 0 unspecified atom stereocenters. The summed E-state index contributed by atoms with van der Waals surface area (Å²) >= 11 is 5.96. The molecule has 104 valence electrons. The van der Waals surface area contributed by atoms with E-state index >= 15 is 0 Å². The molecule has 7 heteroatoms. The smallest absolute Gasteiger partial charge is 0.313 e. The maximum Gasteiger partial charge on any atom is 0.313 e. The average Bonchev–Trinajstić information content (AvgIpc) is 2.39. The average molecular weight is 294 g/mol. The van der Waals surface area contributed by atoms with E-state index in [9.17, 15) is 10.1 Å². The molecule has 20 heavy (non-hydrogen) atoms. The van der Waals surface area contributed by atoms with Crippen LogP contribution in [0.2, 0.25) is 5.02 Å². The molecule has 0 aliphatic heterocycles. The minimum atomic E-state index is -0.473. The Balaban J connectivity index is 2.25. The van der Waals surface area contributed by atoms with Gasteiger partial charge in [0.25, 0.3) is 0 Å². The van der Waals surface area contributed by atoms with Gasteiger partial charge in [-0.2, -0.15) is 0 Å². The van der Waals surface area contributed by atoms with Crippen LogP contribution in [0.25, 0.3) is 0 Å². The number of nitrogens with zero attached hydrogens (tertiary/aromatic N) is 2. The molecular formula is C13H12ClN3O3. The van der Waals surface area contributed by atoms with E-state index in [-0.39, 0.29) is 18.0 Å². The lowest BCUT2D eigenvalue weighted by molar-refractivity contribution is -0.386. The number of hydrogen-bond acceptors (Lipinski definition) is 5. The van der Waals surface area contributed by atoms with Crippen LogP contribution in [0.5, 0.6) is 5.75 Å². The van der Waals surface area contributed by atoms with E-state index in [1.807, 2.05) is 0 Å². The van der Waals surface area contributed by atoms with Crippen molar-refractivity contribution in [2.45, 2.75) is 13.5 Å². The number of hydrogen-bond donors (Lipinski definition) is 1. The topological polar surface area (TPSA) is 91.3 Å². The lowest BCUT2D eigenvalue weighted by Gasteiger charge is -2.09. The summed E-state index contributed by atoms with van der Waals surface area (Å²) in [5.41, 5.74) is 6.46. The van der Waals surface area contributed by atoms with Crippen LogP contribution in [0.3, 0.4) is 0 Å². The molecule has 6 nitrogen and oxygen atoms in total. The predicted molar refractivity (Wildman–Crippen MR) is 75.8 cm³/mol. The van der Waals surface area contributed by atoms with Crippen molar-refractivity contribution in [2.75, 3.05) is 5.73 Å². The number of nitrogens with two attached hydrogens (primary N) is 1. The van der Waals surface area contributed by atoms with Crippen molar-refractivity contribution < 1.29 is 9.66 Å². The Morgan fingerprint density at radius 3 is 2.85 bits per heavy atom. The second-order valence-electron chi connectivity index (χ2n) is 4.13. The van der Waals surface area contributed by atoms with Crippen molar-refractivity contribution in [1.82, 2.24) is 4.98 Å². The number of benzene rings is 1. The van der Waals surface area contributed by atoms with Crippen molar-refractivity contribution in [3.8, 4) is 5.75 Å². The van der Waals surface area contributed by atoms with E-state index in [4.69, 9.17) is 22.1 Å². The molecule has 0 amide bonds. The van der Waals surface area contributed by atoms with Gasteiger partial charge in [-0.15, -0.1) is 0 Å². The van der Waals surface area contributed by atoms with Crippen LogP contribution in [-0.2, 0) is 6.61 Å². The van der Waals surface area contributed by atoms with Crippen LogP contribution in [0.1, 0.15) is 11.3 Å². The van der Waals surface area contributed by atoms with Crippen LogP contribution in [0.15, 0.2) is 30.3 Å². The molecule has 0 atom stereocenters. The van der Waals surface area contributed by atoms with Gasteiger partial charge in [-0.05, 0) is 25.1 Å². The van der Waals surface area contributed by atoms with Crippen LogP contribution in [-0.4, -0.2) is 9.91 Å². The van der Waals surface area contributed by atoms with Gasteiger partial charge in [0.2, 0.25) is 0 Å². The van der Waals surface area contributed by atoms with Crippen LogP contribution in [0, 0.1) is 17.0 Å². The highest BCUT2D eigenvalue weighted by molar-refractivity contribution is 6.31. The highest BCUT2D eigenvalue weighted by atomic mass is 35.5. The summed E-state index contributed by atoms with van der Waals surface area (Å²) in [6.45, 7) is 1.66. The zero-order chi connectivity index (χ0) is 14.7. The third-order valence-corrected chi connectivity index (χ3v) is 3.03. The molecule has 2 rings (SSSR count). The third-order valence-electron chi connectivity index (χ3n) is 2.69. The highest BCUT2D eigenvalue weighted by Gasteiger charge is 2.18. The molecule has 1 aromatic heterocycles. The lowest BCUT2D eigenvalue weighted by Crippen LogP contribution is -2.04. The van der Waals surface area contributed by atoms with Gasteiger partial charge in [0.05, 0.1) is 15.6 Å². The number of aryl methyl sites for hydroxylation is 1. The lowest BCUT2D eigenvalue weighted by atomic mass is 10.2. The molecule has 0 bridgehead atoms. The van der Waals surface area contributed by atoms with Gasteiger partial charge in [-0.1, -0.05) is 23.7 Å². The molecule has 1 heterocycles. The van der Waals surface area contributed by atoms with Gasteiger partial charge in [0.1, 0.15) is 12.4 Å². The van der Waals surface area contributed by atoms with Gasteiger partial charge in [-0.25, -0.2) is 4.98 Å². The summed E-state index contributed by atoms with van der Waals surface area (Å²) in [5.74, 6) is 0.488. The molecular weight excluding hydrogens is 282 g/mol. The Kier molecular flexibility index (Phi) is 4.05. The number of anilines is 1. The Labute approximate surface area is 120 Å². The number of nitrogen functional groups attached to an aromatic ring is 1. The van der Waals surface area contributed by atoms with Crippen LogP contribution < -0.4 is 10.5 Å². The van der Waals surface area contributed by atoms with Crippen molar-refractivity contribution in [3.05, 3.63) is 56.7 Å². The standard InChI is InChI=1S/C13H12ClN3O3/c1-8-3-2-4-11(13(8)17(18)19)20-7-10-9(14)5-6-12(15)16-10/h2-6H,7H2,1H3,(H2,15,16). The number of para-hydroxylation sites is 1. The van der Waals surface area contributed by atoms with E-state index < -0.39 is 4.92 Å². The monoisotopic (exact) mass is 293 g/mol. The summed E-state index contributed by atoms with van der Waals surface area (Å²) in [4.78, 5) is 14.6. The molecule has 0 aliphatic rings. The summed E-state index contributed by atoms with van der Waals surface area (Å²) in [6, 6.07) is 8.04. The number of nitro benzene ring substituents is 1. The molecule has 0 fully saturated rings. The van der Waals surface area contributed by atoms with Crippen molar-refractivity contribution in [3.63, 3.8) is 0 Å². The first-order chi connectivity index (χ1) is 9.49. The molecule has 0 spiro atoms. The summed E-state index contributed by atoms with van der Waals surface area (Å²) in [7, 11) is 0. The number of pyridine rings is 1. The first-order valence-electron chi connectivity index (χ1n) is 5.76. The third kappa shape index (κ3) is 2.97. The zero-order valence-electron chi connectivity index (χ0n) is 10.7. The maximum absolute atomic E-state index is 11.0. The molecule has 0 aliphatic carbocycles.